The first-order valence-corrected chi connectivity index (χ1v) is 9.90. The minimum atomic E-state index is -3.88. The van der Waals surface area contributed by atoms with E-state index in [0.717, 1.165) is 18.2 Å². The first-order chi connectivity index (χ1) is 12.7. The molecule has 11 heteroatoms. The monoisotopic (exact) mass is 421 g/mol. The summed E-state index contributed by atoms with van der Waals surface area (Å²) in [5, 5.41) is 4.05. The molecular weight excluding hydrogens is 404 g/mol. The lowest BCUT2D eigenvalue weighted by Gasteiger charge is -2.32. The van der Waals surface area contributed by atoms with Crippen LogP contribution in [0.25, 0.3) is 0 Å². The van der Waals surface area contributed by atoms with Crippen LogP contribution in [0.1, 0.15) is 5.69 Å². The van der Waals surface area contributed by atoms with Crippen molar-refractivity contribution in [3.63, 3.8) is 0 Å². The Balaban J connectivity index is 1.73. The van der Waals surface area contributed by atoms with Crippen molar-refractivity contribution in [2.75, 3.05) is 26.3 Å². The number of hydrogen-bond acceptors (Lipinski definition) is 5. The molecular formula is C16H18ClF2N3O4S. The molecule has 7 nitrogen and oxygen atoms in total. The van der Waals surface area contributed by atoms with Crippen LogP contribution in [0.4, 0.5) is 8.78 Å². The topological polar surface area (TPSA) is 73.7 Å². The summed E-state index contributed by atoms with van der Waals surface area (Å²) in [5.41, 5.74) is 0.295. The van der Waals surface area contributed by atoms with Gasteiger partial charge in [-0.05, 0) is 19.1 Å². The Morgan fingerprint density at radius 3 is 2.81 bits per heavy atom. The van der Waals surface area contributed by atoms with Gasteiger partial charge in [0.1, 0.15) is 28.6 Å². The van der Waals surface area contributed by atoms with Crippen molar-refractivity contribution in [2.45, 2.75) is 17.9 Å². The van der Waals surface area contributed by atoms with Crippen molar-refractivity contribution in [3.8, 4) is 5.75 Å². The molecule has 0 N–H and O–H groups in total. The summed E-state index contributed by atoms with van der Waals surface area (Å²) >= 11 is 6.09. The molecule has 0 spiro atoms. The fraction of sp³-hybridized carbons (Fsp3) is 0.438. The highest BCUT2D eigenvalue weighted by molar-refractivity contribution is 7.89. The maximum absolute atomic E-state index is 13.6. The quantitative estimate of drug-likeness (QED) is 0.739. The lowest BCUT2D eigenvalue weighted by atomic mass is 10.3. The molecule has 1 fully saturated rings. The van der Waals surface area contributed by atoms with Gasteiger partial charge in [0.05, 0.1) is 12.3 Å². The van der Waals surface area contributed by atoms with Crippen LogP contribution < -0.4 is 4.74 Å². The zero-order valence-electron chi connectivity index (χ0n) is 14.7. The number of morpholine rings is 1. The van der Waals surface area contributed by atoms with E-state index in [4.69, 9.17) is 21.1 Å². The second-order valence-electron chi connectivity index (χ2n) is 6.07. The van der Waals surface area contributed by atoms with Gasteiger partial charge in [-0.15, -0.1) is 0 Å². The highest BCUT2D eigenvalue weighted by Crippen LogP contribution is 2.28. The summed E-state index contributed by atoms with van der Waals surface area (Å²) in [6.45, 7) is 1.69. The predicted octanol–water partition coefficient (Wildman–Crippen LogP) is 2.13. The molecule has 2 heterocycles. The predicted molar refractivity (Wildman–Crippen MR) is 93.3 cm³/mol. The number of benzene rings is 1. The third-order valence-electron chi connectivity index (χ3n) is 4.12. The average molecular weight is 422 g/mol. The van der Waals surface area contributed by atoms with Gasteiger partial charge in [-0.1, -0.05) is 11.6 Å². The second kappa shape index (κ2) is 7.70. The number of aryl methyl sites for hydroxylation is 2. The van der Waals surface area contributed by atoms with Gasteiger partial charge in [0, 0.05) is 26.2 Å². The zero-order valence-corrected chi connectivity index (χ0v) is 16.2. The molecule has 2 aromatic rings. The van der Waals surface area contributed by atoms with Crippen LogP contribution in [-0.2, 0) is 21.8 Å². The van der Waals surface area contributed by atoms with Crippen molar-refractivity contribution in [1.82, 2.24) is 14.1 Å². The van der Waals surface area contributed by atoms with Crippen molar-refractivity contribution in [3.05, 3.63) is 40.7 Å². The minimum absolute atomic E-state index is 0.00999. The standard InChI is InChI=1S/C16H18ClF2N3O4S/c1-10-15(16(17)21(2)20-10)27(23,24)22-5-6-25-12(8-22)9-26-14-7-11(18)3-4-13(14)19/h3-4,7,12H,5-6,8-9H2,1-2H3. The van der Waals surface area contributed by atoms with Gasteiger partial charge in [-0.25, -0.2) is 17.2 Å². The molecule has 1 aromatic heterocycles. The number of rotatable bonds is 5. The van der Waals surface area contributed by atoms with Gasteiger partial charge in [-0.3, -0.25) is 4.68 Å². The third-order valence-corrected chi connectivity index (χ3v) is 6.68. The molecule has 1 aliphatic heterocycles. The molecule has 0 amide bonds. The van der Waals surface area contributed by atoms with Crippen molar-refractivity contribution in [2.24, 2.45) is 7.05 Å². The molecule has 1 saturated heterocycles. The molecule has 0 saturated carbocycles. The summed E-state index contributed by atoms with van der Waals surface area (Å²) in [6.07, 6.45) is -0.646. The average Bonchev–Trinajstić information content (AvgIpc) is 2.88. The molecule has 0 aliphatic carbocycles. The molecule has 27 heavy (non-hydrogen) atoms. The first-order valence-electron chi connectivity index (χ1n) is 8.09. The maximum atomic E-state index is 13.6. The van der Waals surface area contributed by atoms with Crippen LogP contribution in [-0.4, -0.2) is 54.9 Å². The largest absolute Gasteiger partial charge is 0.488 e. The first kappa shape index (κ1) is 20.0. The number of ether oxygens (including phenoxy) is 2. The van der Waals surface area contributed by atoms with Gasteiger partial charge >= 0.3 is 0 Å². The van der Waals surface area contributed by atoms with E-state index in [2.05, 4.69) is 5.10 Å². The molecule has 1 aromatic carbocycles. The molecule has 1 aliphatic rings. The number of hydrogen-bond donors (Lipinski definition) is 0. The lowest BCUT2D eigenvalue weighted by molar-refractivity contribution is -0.0255. The Hall–Kier alpha value is -1.75. The van der Waals surface area contributed by atoms with Crippen LogP contribution >= 0.6 is 11.6 Å². The molecule has 0 radical (unpaired) electrons. The summed E-state index contributed by atoms with van der Waals surface area (Å²) in [6, 6.07) is 2.86. The number of aromatic nitrogens is 2. The summed E-state index contributed by atoms with van der Waals surface area (Å²) in [5.74, 6) is -1.61. The number of sulfonamides is 1. The van der Waals surface area contributed by atoms with Gasteiger partial charge < -0.3 is 9.47 Å². The lowest BCUT2D eigenvalue weighted by Crippen LogP contribution is -2.47. The summed E-state index contributed by atoms with van der Waals surface area (Å²) in [4.78, 5) is -0.0515. The SMILES string of the molecule is Cc1nn(C)c(Cl)c1S(=O)(=O)N1CCOC(COc2cc(F)ccc2F)C1. The molecule has 1 atom stereocenters. The van der Waals surface area contributed by atoms with E-state index >= 15 is 0 Å². The summed E-state index contributed by atoms with van der Waals surface area (Å²) in [7, 11) is -2.33. The van der Waals surface area contributed by atoms with Gasteiger partial charge in [-0.2, -0.15) is 9.40 Å². The Morgan fingerprint density at radius 1 is 1.41 bits per heavy atom. The second-order valence-corrected chi connectivity index (χ2v) is 8.30. The van der Waals surface area contributed by atoms with E-state index in [9.17, 15) is 17.2 Å². The fourth-order valence-electron chi connectivity index (χ4n) is 2.81. The van der Waals surface area contributed by atoms with E-state index in [1.807, 2.05) is 0 Å². The van der Waals surface area contributed by atoms with Crippen LogP contribution in [0.5, 0.6) is 5.75 Å². The van der Waals surface area contributed by atoms with Gasteiger partial charge in [0.15, 0.2) is 11.6 Å². The van der Waals surface area contributed by atoms with Crippen LogP contribution in [0, 0.1) is 18.6 Å². The van der Waals surface area contributed by atoms with Crippen LogP contribution in [0.3, 0.4) is 0 Å². The van der Waals surface area contributed by atoms with Crippen LogP contribution in [0.15, 0.2) is 23.1 Å². The molecule has 0 bridgehead atoms. The van der Waals surface area contributed by atoms with Gasteiger partial charge in [0.25, 0.3) is 0 Å². The Morgan fingerprint density at radius 2 is 2.15 bits per heavy atom. The highest BCUT2D eigenvalue weighted by Gasteiger charge is 2.35. The van der Waals surface area contributed by atoms with E-state index in [-0.39, 0.29) is 42.1 Å². The van der Waals surface area contributed by atoms with Crippen molar-refractivity contribution >= 4 is 21.6 Å². The Labute approximate surface area is 160 Å². The third kappa shape index (κ3) is 4.08. The Kier molecular flexibility index (Phi) is 5.71. The highest BCUT2D eigenvalue weighted by atomic mass is 35.5. The van der Waals surface area contributed by atoms with Gasteiger partial charge in [0.2, 0.25) is 10.0 Å². The normalized spacial score (nSPS) is 18.6. The number of halogens is 3. The maximum Gasteiger partial charge on any atom is 0.248 e. The van der Waals surface area contributed by atoms with E-state index in [1.165, 1.54) is 8.99 Å². The minimum Gasteiger partial charge on any atom is -0.488 e. The Bertz CT molecular complexity index is 951. The van der Waals surface area contributed by atoms with Crippen molar-refractivity contribution < 1.29 is 26.7 Å². The molecule has 1 unspecified atom stereocenters. The van der Waals surface area contributed by atoms with E-state index in [0.29, 0.717) is 5.69 Å². The summed E-state index contributed by atoms with van der Waals surface area (Å²) < 4.78 is 66.0. The smallest absolute Gasteiger partial charge is 0.248 e. The van der Waals surface area contributed by atoms with Crippen molar-refractivity contribution in [1.29, 1.82) is 0 Å². The molecule has 3 rings (SSSR count). The molecule has 148 valence electrons. The van der Waals surface area contributed by atoms with E-state index < -0.39 is 27.8 Å². The zero-order chi connectivity index (χ0) is 19.8. The van der Waals surface area contributed by atoms with E-state index in [1.54, 1.807) is 14.0 Å². The van der Waals surface area contributed by atoms with Crippen LogP contribution in [0.2, 0.25) is 5.15 Å². The number of nitrogens with zero attached hydrogens (tertiary/aromatic N) is 3. The fourth-order valence-corrected chi connectivity index (χ4v) is 4.98.